The van der Waals surface area contributed by atoms with Crippen LogP contribution < -0.4 is 21.3 Å². The lowest BCUT2D eigenvalue weighted by molar-refractivity contribution is -0.195. The van der Waals surface area contributed by atoms with E-state index in [1.165, 1.54) is 72.8 Å². The Morgan fingerprint density at radius 2 is 1.07 bits per heavy atom. The molecular weight excluding hydrogens is 951 g/mol. The SMILES string of the molecule is CCCOCC(=O)NS(=O)(=O)c1ccccc1NC(=O)c1ccc(C#Cc2cccc(C(F)(F)F)c2)cc1.NOOSc1ccccc1NC(=O)c1ccc(C#Cc2cccc(C(F)(F)F)c2)cc1. The van der Waals surface area contributed by atoms with Gasteiger partial charge in [-0.2, -0.15) is 32.2 Å². The van der Waals surface area contributed by atoms with E-state index in [0.717, 1.165) is 36.3 Å². The molecule has 69 heavy (non-hydrogen) atoms. The van der Waals surface area contributed by atoms with Crippen LogP contribution in [0.2, 0.25) is 0 Å². The first-order valence-electron chi connectivity index (χ1n) is 20.1. The van der Waals surface area contributed by atoms with Crippen molar-refractivity contribution in [3.05, 3.63) is 190 Å². The number of nitrogens with two attached hydrogens (primary N) is 1. The van der Waals surface area contributed by atoms with Gasteiger partial charge < -0.3 is 15.4 Å². The minimum Gasteiger partial charge on any atom is -0.372 e. The fourth-order valence-corrected chi connectivity index (χ4v) is 7.27. The van der Waals surface area contributed by atoms with Gasteiger partial charge in [0, 0.05) is 40.0 Å². The molecule has 0 fully saturated rings. The maximum atomic E-state index is 12.9. The molecule has 20 heteroatoms. The molecule has 0 saturated carbocycles. The predicted octanol–water partition coefficient (Wildman–Crippen LogP) is 9.78. The third kappa shape index (κ3) is 16.4. The molecule has 0 saturated heterocycles. The van der Waals surface area contributed by atoms with E-state index in [1.807, 2.05) is 11.6 Å². The molecule has 0 aliphatic carbocycles. The summed E-state index contributed by atoms with van der Waals surface area (Å²) in [4.78, 5) is 41.5. The Balaban J connectivity index is 0.000000263. The molecule has 5 N–H and O–H groups in total. The van der Waals surface area contributed by atoms with Crippen molar-refractivity contribution >= 4 is 51.2 Å². The lowest BCUT2D eigenvalue weighted by atomic mass is 10.1. The number of hydrogen-bond donors (Lipinski definition) is 4. The summed E-state index contributed by atoms with van der Waals surface area (Å²) in [5.41, 5.74) is 0.894. The molecule has 0 aliphatic rings. The van der Waals surface area contributed by atoms with Gasteiger partial charge in [-0.3, -0.25) is 14.4 Å². The number of benzene rings is 6. The lowest BCUT2D eigenvalue weighted by Crippen LogP contribution is -2.34. The Labute approximate surface area is 396 Å². The Kier molecular flexibility index (Phi) is 18.7. The zero-order valence-corrected chi connectivity index (χ0v) is 37.5. The molecule has 0 heterocycles. The fraction of sp³-hybridized carbons (Fsp3) is 0.122. The highest BCUT2D eigenvalue weighted by Gasteiger charge is 2.31. The van der Waals surface area contributed by atoms with E-state index in [2.05, 4.69) is 43.6 Å². The summed E-state index contributed by atoms with van der Waals surface area (Å²) in [6.45, 7) is 1.72. The topological polar surface area (TPSA) is 175 Å². The minimum absolute atomic E-state index is 0.0410. The van der Waals surface area contributed by atoms with E-state index in [-0.39, 0.29) is 33.2 Å². The van der Waals surface area contributed by atoms with Crippen LogP contribution in [0.1, 0.15) is 67.4 Å². The molecule has 0 aromatic heterocycles. The predicted molar refractivity (Wildman–Crippen MR) is 245 cm³/mol. The summed E-state index contributed by atoms with van der Waals surface area (Å²) < 4.78 is 114. The molecule has 0 spiro atoms. The third-order valence-electron chi connectivity index (χ3n) is 8.93. The number of rotatable bonds is 13. The first-order valence-corrected chi connectivity index (χ1v) is 22.3. The smallest absolute Gasteiger partial charge is 0.372 e. The largest absolute Gasteiger partial charge is 0.416 e. The second kappa shape index (κ2) is 24.5. The number of para-hydroxylation sites is 2. The van der Waals surface area contributed by atoms with Crippen LogP contribution in [0.4, 0.5) is 37.7 Å². The van der Waals surface area contributed by atoms with Crippen LogP contribution in [-0.4, -0.2) is 39.4 Å². The van der Waals surface area contributed by atoms with Gasteiger partial charge in [0.05, 0.1) is 39.4 Å². The van der Waals surface area contributed by atoms with Crippen molar-refractivity contribution in [2.45, 2.75) is 35.5 Å². The van der Waals surface area contributed by atoms with E-state index in [4.69, 9.17) is 10.6 Å². The zero-order valence-electron chi connectivity index (χ0n) is 35.9. The summed E-state index contributed by atoms with van der Waals surface area (Å²) in [5, 5.41) is 5.27. The first-order chi connectivity index (χ1) is 32.9. The second-order valence-corrected chi connectivity index (χ2v) is 16.4. The quantitative estimate of drug-likeness (QED) is 0.0218. The van der Waals surface area contributed by atoms with E-state index >= 15 is 0 Å². The molecular formula is C49H38F6N4O8S2. The number of ether oxygens (including phenoxy) is 1. The number of amides is 3. The zero-order chi connectivity index (χ0) is 50.0. The standard InChI is InChI=1S/C27H23F3N2O5S.C22H15F3N2O3S/c1-2-16-37-18-25(33)32-38(35,36)24-9-4-3-8-23(24)31-26(34)21-14-12-19(13-15-21)10-11-20-6-5-7-22(17-20)27(28,29)30;23-22(24,25)18-5-3-4-16(14-18)9-8-15-10-12-17(13-11-15)21(28)27-19-6-1-2-7-20(19)31-30-29-26/h3-9,12-15,17H,2,16,18H2,1H3,(H,31,34)(H,32,33);1-7,10-14H,26H2,(H,27,28). The number of alkyl halides is 6. The molecule has 12 nitrogen and oxygen atoms in total. The van der Waals surface area contributed by atoms with E-state index in [0.29, 0.717) is 40.3 Å². The van der Waals surface area contributed by atoms with Crippen molar-refractivity contribution < 1.29 is 63.2 Å². The summed E-state index contributed by atoms with van der Waals surface area (Å²) >= 11 is 0.843. The van der Waals surface area contributed by atoms with Crippen molar-refractivity contribution in [1.82, 2.24) is 4.72 Å². The normalized spacial score (nSPS) is 11.1. The van der Waals surface area contributed by atoms with Crippen molar-refractivity contribution in [3.63, 3.8) is 0 Å². The van der Waals surface area contributed by atoms with Gasteiger partial charge in [-0.25, -0.2) is 13.1 Å². The molecule has 6 aromatic carbocycles. The number of carbonyl (C=O) groups is 3. The van der Waals surface area contributed by atoms with Crippen molar-refractivity contribution in [2.24, 2.45) is 5.90 Å². The Morgan fingerprint density at radius 3 is 1.57 bits per heavy atom. The molecule has 0 unspecified atom stereocenters. The monoisotopic (exact) mass is 988 g/mol. The summed E-state index contributed by atoms with van der Waals surface area (Å²) in [6, 6.07) is 34.2. The van der Waals surface area contributed by atoms with Crippen LogP contribution in [0.3, 0.4) is 0 Å². The molecule has 0 bridgehead atoms. The van der Waals surface area contributed by atoms with Crippen LogP contribution in [0, 0.1) is 23.7 Å². The van der Waals surface area contributed by atoms with Gasteiger partial charge in [0.15, 0.2) is 0 Å². The molecule has 0 aliphatic heterocycles. The van der Waals surface area contributed by atoms with Gasteiger partial charge in [-0.05, 0) is 116 Å². The van der Waals surface area contributed by atoms with E-state index in [9.17, 15) is 49.1 Å². The number of nitrogens with one attached hydrogen (secondary N) is 3. The van der Waals surface area contributed by atoms with Gasteiger partial charge in [0.25, 0.3) is 27.7 Å². The summed E-state index contributed by atoms with van der Waals surface area (Å²) in [6.07, 6.45) is -8.23. The third-order valence-corrected chi connectivity index (χ3v) is 11.0. The Bertz CT molecular complexity index is 3000. The van der Waals surface area contributed by atoms with Crippen LogP contribution in [0.15, 0.2) is 155 Å². The first kappa shape index (κ1) is 52.5. The molecule has 0 atom stereocenters. The number of hydrogen-bond acceptors (Lipinski definition) is 10. The molecule has 356 valence electrons. The van der Waals surface area contributed by atoms with Gasteiger partial charge in [-0.15, -0.1) is 9.32 Å². The van der Waals surface area contributed by atoms with Crippen LogP contribution in [0.5, 0.6) is 0 Å². The van der Waals surface area contributed by atoms with Gasteiger partial charge >= 0.3 is 12.4 Å². The summed E-state index contributed by atoms with van der Waals surface area (Å²) in [7, 11) is -4.29. The van der Waals surface area contributed by atoms with Crippen molar-refractivity contribution in [3.8, 4) is 23.7 Å². The lowest BCUT2D eigenvalue weighted by Gasteiger charge is -2.13. The average molecular weight is 989 g/mol. The van der Waals surface area contributed by atoms with Crippen LogP contribution >= 0.6 is 12.0 Å². The highest BCUT2D eigenvalue weighted by atomic mass is 32.2. The van der Waals surface area contributed by atoms with Crippen molar-refractivity contribution in [2.75, 3.05) is 23.8 Å². The number of carbonyl (C=O) groups excluding carboxylic acids is 3. The molecule has 6 aromatic rings. The molecule has 6 rings (SSSR count). The number of anilines is 2. The minimum atomic E-state index is -4.47. The molecule has 0 radical (unpaired) electrons. The number of sulfonamides is 1. The van der Waals surface area contributed by atoms with Crippen molar-refractivity contribution in [1.29, 1.82) is 0 Å². The highest BCUT2D eigenvalue weighted by Crippen LogP contribution is 2.31. The fourth-order valence-electron chi connectivity index (χ4n) is 5.68. The Morgan fingerprint density at radius 1 is 0.609 bits per heavy atom. The number of halogens is 6. The van der Waals surface area contributed by atoms with Gasteiger partial charge in [0.2, 0.25) is 0 Å². The van der Waals surface area contributed by atoms with Gasteiger partial charge in [0.1, 0.15) is 11.5 Å². The van der Waals surface area contributed by atoms with Crippen LogP contribution in [0.25, 0.3) is 0 Å². The van der Waals surface area contributed by atoms with Gasteiger partial charge in [-0.1, -0.05) is 67.0 Å². The second-order valence-electron chi connectivity index (χ2n) is 14.0. The summed E-state index contributed by atoms with van der Waals surface area (Å²) in [5.74, 6) is 13.9. The maximum Gasteiger partial charge on any atom is 0.416 e. The Hall–Kier alpha value is -7.43. The molecule has 3 amide bonds. The average Bonchev–Trinajstić information content (AvgIpc) is 3.32. The van der Waals surface area contributed by atoms with E-state index in [1.54, 1.807) is 48.5 Å². The highest BCUT2D eigenvalue weighted by molar-refractivity contribution is 7.94. The van der Waals surface area contributed by atoms with Crippen LogP contribution in [-0.2, 0) is 41.2 Å². The maximum absolute atomic E-state index is 12.9. The van der Waals surface area contributed by atoms with E-state index < -0.39 is 51.9 Å².